The van der Waals surface area contributed by atoms with Crippen molar-refractivity contribution in [2.45, 2.75) is 25.8 Å². The van der Waals surface area contributed by atoms with Gasteiger partial charge in [0, 0.05) is 32.4 Å². The van der Waals surface area contributed by atoms with Crippen molar-refractivity contribution in [3.8, 4) is 0 Å². The van der Waals surface area contributed by atoms with E-state index in [0.29, 0.717) is 6.54 Å². The minimum atomic E-state index is 0.131. The molecule has 20 heavy (non-hydrogen) atoms. The van der Waals surface area contributed by atoms with Crippen LogP contribution in [0.3, 0.4) is 0 Å². The molecule has 0 radical (unpaired) electrons. The topological polar surface area (TPSA) is 57.3 Å². The summed E-state index contributed by atoms with van der Waals surface area (Å²) in [5.41, 5.74) is 1.06. The Balaban J connectivity index is 1.51. The number of amides is 1. The second-order valence-electron chi connectivity index (χ2n) is 5.63. The van der Waals surface area contributed by atoms with Gasteiger partial charge in [-0.2, -0.15) is 0 Å². The monoisotopic (exact) mass is 274 g/mol. The Kier molecular flexibility index (Phi) is 4.16. The van der Waals surface area contributed by atoms with E-state index in [1.54, 1.807) is 0 Å². The Bertz CT molecular complexity index is 447. The molecule has 3 heterocycles. The molecule has 1 aromatic heterocycles. The van der Waals surface area contributed by atoms with Gasteiger partial charge in [0.2, 0.25) is 5.91 Å². The number of nitrogens with one attached hydrogen (secondary N) is 2. The number of hydrogen-bond donors (Lipinski definition) is 2. The molecule has 0 aromatic carbocycles. The Morgan fingerprint density at radius 3 is 2.90 bits per heavy atom. The molecule has 108 valence electrons. The standard InChI is InChI=1S/C15H22N4O/c20-15(13-5-6-16-11-13)18-10-12-3-4-14(17-9-12)19-7-1-2-8-19/h3-4,9,13,16H,1-2,5-8,10-11H2,(H,18,20). The fourth-order valence-electron chi connectivity index (χ4n) is 2.87. The van der Waals surface area contributed by atoms with Crippen LogP contribution in [-0.2, 0) is 11.3 Å². The Morgan fingerprint density at radius 2 is 2.25 bits per heavy atom. The van der Waals surface area contributed by atoms with Crippen LogP contribution in [0.15, 0.2) is 18.3 Å². The van der Waals surface area contributed by atoms with Crippen LogP contribution >= 0.6 is 0 Å². The van der Waals surface area contributed by atoms with Crippen LogP contribution in [-0.4, -0.2) is 37.1 Å². The van der Waals surface area contributed by atoms with E-state index in [1.807, 2.05) is 6.20 Å². The van der Waals surface area contributed by atoms with Crippen molar-refractivity contribution in [2.24, 2.45) is 5.92 Å². The Labute approximate surface area is 119 Å². The average Bonchev–Trinajstić information content (AvgIpc) is 3.18. The van der Waals surface area contributed by atoms with Gasteiger partial charge >= 0.3 is 0 Å². The van der Waals surface area contributed by atoms with Gasteiger partial charge in [0.05, 0.1) is 5.92 Å². The normalized spacial score (nSPS) is 22.2. The molecule has 2 fully saturated rings. The lowest BCUT2D eigenvalue weighted by molar-refractivity contribution is -0.124. The van der Waals surface area contributed by atoms with E-state index in [-0.39, 0.29) is 11.8 Å². The SMILES string of the molecule is O=C(NCc1ccc(N2CCCC2)nc1)C1CCNC1. The van der Waals surface area contributed by atoms with Crippen molar-refractivity contribution in [1.82, 2.24) is 15.6 Å². The Morgan fingerprint density at radius 1 is 1.40 bits per heavy atom. The number of carbonyl (C=O) groups excluding carboxylic acids is 1. The largest absolute Gasteiger partial charge is 0.357 e. The second kappa shape index (κ2) is 6.22. The Hall–Kier alpha value is -1.62. The van der Waals surface area contributed by atoms with Crippen LogP contribution in [0.4, 0.5) is 5.82 Å². The highest BCUT2D eigenvalue weighted by atomic mass is 16.1. The lowest BCUT2D eigenvalue weighted by Gasteiger charge is -2.16. The number of anilines is 1. The molecule has 1 aromatic rings. The number of hydrogen-bond acceptors (Lipinski definition) is 4. The summed E-state index contributed by atoms with van der Waals surface area (Å²) in [6, 6.07) is 4.12. The number of carbonyl (C=O) groups is 1. The van der Waals surface area contributed by atoms with Crippen LogP contribution in [0.2, 0.25) is 0 Å². The van der Waals surface area contributed by atoms with E-state index >= 15 is 0 Å². The summed E-state index contributed by atoms with van der Waals surface area (Å²) < 4.78 is 0. The molecule has 0 spiro atoms. The first-order chi connectivity index (χ1) is 9.83. The van der Waals surface area contributed by atoms with Crippen molar-refractivity contribution in [2.75, 3.05) is 31.1 Å². The summed E-state index contributed by atoms with van der Waals surface area (Å²) in [5, 5.41) is 6.21. The predicted molar refractivity (Wildman–Crippen MR) is 78.5 cm³/mol. The summed E-state index contributed by atoms with van der Waals surface area (Å²) in [6.45, 7) is 4.54. The van der Waals surface area contributed by atoms with Gasteiger partial charge in [0.1, 0.15) is 5.82 Å². The molecular formula is C15H22N4O. The van der Waals surface area contributed by atoms with Crippen LogP contribution in [0.25, 0.3) is 0 Å². The maximum absolute atomic E-state index is 11.9. The highest BCUT2D eigenvalue weighted by Gasteiger charge is 2.21. The second-order valence-corrected chi connectivity index (χ2v) is 5.63. The number of rotatable bonds is 4. The minimum Gasteiger partial charge on any atom is -0.357 e. The maximum atomic E-state index is 11.9. The van der Waals surface area contributed by atoms with Gasteiger partial charge in [0.15, 0.2) is 0 Å². The first-order valence-corrected chi connectivity index (χ1v) is 7.51. The van der Waals surface area contributed by atoms with E-state index in [1.165, 1.54) is 12.8 Å². The first kappa shape index (κ1) is 13.4. The van der Waals surface area contributed by atoms with Crippen LogP contribution in [0, 0.1) is 5.92 Å². The summed E-state index contributed by atoms with van der Waals surface area (Å²) in [5.74, 6) is 1.34. The third-order valence-electron chi connectivity index (χ3n) is 4.14. The van der Waals surface area contributed by atoms with Gasteiger partial charge in [-0.25, -0.2) is 4.98 Å². The molecule has 5 nitrogen and oxygen atoms in total. The van der Waals surface area contributed by atoms with E-state index < -0.39 is 0 Å². The number of nitrogens with zero attached hydrogens (tertiary/aromatic N) is 2. The van der Waals surface area contributed by atoms with Crippen molar-refractivity contribution in [1.29, 1.82) is 0 Å². The summed E-state index contributed by atoms with van der Waals surface area (Å²) in [4.78, 5) is 18.7. The maximum Gasteiger partial charge on any atom is 0.224 e. The molecule has 0 aliphatic carbocycles. The van der Waals surface area contributed by atoms with Gasteiger partial charge in [-0.1, -0.05) is 6.07 Å². The van der Waals surface area contributed by atoms with Crippen molar-refractivity contribution < 1.29 is 4.79 Å². The zero-order valence-electron chi connectivity index (χ0n) is 11.8. The third kappa shape index (κ3) is 3.10. The van der Waals surface area contributed by atoms with E-state index in [0.717, 1.165) is 44.0 Å². The third-order valence-corrected chi connectivity index (χ3v) is 4.14. The van der Waals surface area contributed by atoms with Crippen LogP contribution in [0.1, 0.15) is 24.8 Å². The van der Waals surface area contributed by atoms with Crippen molar-refractivity contribution >= 4 is 11.7 Å². The highest BCUT2D eigenvalue weighted by Crippen LogP contribution is 2.17. The molecule has 5 heteroatoms. The molecule has 1 atom stereocenters. The number of pyridine rings is 1. The fraction of sp³-hybridized carbons (Fsp3) is 0.600. The molecule has 3 rings (SSSR count). The first-order valence-electron chi connectivity index (χ1n) is 7.51. The minimum absolute atomic E-state index is 0.131. The van der Waals surface area contributed by atoms with Crippen molar-refractivity contribution in [3.63, 3.8) is 0 Å². The molecule has 0 bridgehead atoms. The lowest BCUT2D eigenvalue weighted by atomic mass is 10.1. The summed E-state index contributed by atoms with van der Waals surface area (Å²) >= 11 is 0. The molecule has 2 saturated heterocycles. The zero-order valence-corrected chi connectivity index (χ0v) is 11.8. The number of aromatic nitrogens is 1. The smallest absolute Gasteiger partial charge is 0.224 e. The van der Waals surface area contributed by atoms with Gasteiger partial charge in [-0.3, -0.25) is 4.79 Å². The average molecular weight is 274 g/mol. The molecule has 2 N–H and O–H groups in total. The quantitative estimate of drug-likeness (QED) is 0.857. The lowest BCUT2D eigenvalue weighted by Crippen LogP contribution is -2.31. The van der Waals surface area contributed by atoms with Crippen molar-refractivity contribution in [3.05, 3.63) is 23.9 Å². The predicted octanol–water partition coefficient (Wildman–Crippen LogP) is 0.907. The molecular weight excluding hydrogens is 252 g/mol. The molecule has 1 amide bonds. The van der Waals surface area contributed by atoms with E-state index in [9.17, 15) is 4.79 Å². The highest BCUT2D eigenvalue weighted by molar-refractivity contribution is 5.79. The van der Waals surface area contributed by atoms with Gasteiger partial charge in [-0.15, -0.1) is 0 Å². The summed E-state index contributed by atoms with van der Waals surface area (Å²) in [7, 11) is 0. The van der Waals surface area contributed by atoms with Gasteiger partial charge in [0.25, 0.3) is 0 Å². The van der Waals surface area contributed by atoms with E-state index in [4.69, 9.17) is 0 Å². The van der Waals surface area contributed by atoms with E-state index in [2.05, 4.69) is 32.7 Å². The van der Waals surface area contributed by atoms with Crippen LogP contribution in [0.5, 0.6) is 0 Å². The fourth-order valence-corrected chi connectivity index (χ4v) is 2.87. The molecule has 2 aliphatic rings. The molecule has 0 saturated carbocycles. The van der Waals surface area contributed by atoms with Gasteiger partial charge in [-0.05, 0) is 37.4 Å². The molecule has 1 unspecified atom stereocenters. The van der Waals surface area contributed by atoms with Gasteiger partial charge < -0.3 is 15.5 Å². The zero-order chi connectivity index (χ0) is 13.8. The van der Waals surface area contributed by atoms with Crippen LogP contribution < -0.4 is 15.5 Å². The summed E-state index contributed by atoms with van der Waals surface area (Å²) in [6.07, 6.45) is 5.34. The molecule has 2 aliphatic heterocycles.